The number of benzene rings is 1. The third-order valence-corrected chi connectivity index (χ3v) is 3.48. The van der Waals surface area contributed by atoms with Crippen LogP contribution >= 0.6 is 15.9 Å². The highest BCUT2D eigenvalue weighted by Gasteiger charge is 2.06. The molecule has 0 aliphatic heterocycles. The van der Waals surface area contributed by atoms with Gasteiger partial charge in [0.25, 0.3) is 5.56 Å². The van der Waals surface area contributed by atoms with Gasteiger partial charge < -0.3 is 10.3 Å². The Morgan fingerprint density at radius 1 is 1.26 bits per heavy atom. The van der Waals surface area contributed by atoms with Crippen molar-refractivity contribution < 1.29 is 0 Å². The van der Waals surface area contributed by atoms with Crippen LogP contribution < -0.4 is 11.3 Å². The molecule has 5 nitrogen and oxygen atoms in total. The summed E-state index contributed by atoms with van der Waals surface area (Å²) in [5.74, 6) is 0. The molecule has 6 heteroatoms. The van der Waals surface area contributed by atoms with Gasteiger partial charge in [-0.15, -0.1) is 0 Å². The van der Waals surface area contributed by atoms with Crippen LogP contribution in [0.1, 0.15) is 5.56 Å². The van der Waals surface area contributed by atoms with Gasteiger partial charge >= 0.3 is 0 Å². The quantitative estimate of drug-likeness (QED) is 0.734. The van der Waals surface area contributed by atoms with Crippen LogP contribution in [0.5, 0.6) is 0 Å². The lowest BCUT2D eigenvalue weighted by Gasteiger charge is -2.09. The van der Waals surface area contributed by atoms with Crippen molar-refractivity contribution in [2.24, 2.45) is 0 Å². The summed E-state index contributed by atoms with van der Waals surface area (Å²) in [5.41, 5.74) is 7.99. The number of halogens is 1. The molecule has 19 heavy (non-hydrogen) atoms. The van der Waals surface area contributed by atoms with E-state index >= 15 is 0 Å². The van der Waals surface area contributed by atoms with Crippen LogP contribution in [0.2, 0.25) is 0 Å². The highest BCUT2D eigenvalue weighted by molar-refractivity contribution is 9.10. The number of aromatic nitrogens is 3. The first-order valence-corrected chi connectivity index (χ1v) is 6.51. The van der Waals surface area contributed by atoms with Gasteiger partial charge in [-0.2, -0.15) is 5.10 Å². The maximum Gasteiger partial charge on any atom is 0.276 e. The van der Waals surface area contributed by atoms with Gasteiger partial charge in [-0.05, 0) is 23.8 Å². The van der Waals surface area contributed by atoms with Crippen LogP contribution in [0.4, 0.5) is 5.69 Å². The smallest absolute Gasteiger partial charge is 0.276 e. The fraction of sp³-hybridized carbons (Fsp3) is 0.0769. The first-order valence-electron chi connectivity index (χ1n) is 5.72. The zero-order valence-electron chi connectivity index (χ0n) is 9.95. The Morgan fingerprint density at radius 2 is 2.11 bits per heavy atom. The number of fused-ring (bicyclic) bond motifs is 1. The van der Waals surface area contributed by atoms with Crippen LogP contribution in [-0.4, -0.2) is 14.2 Å². The first kappa shape index (κ1) is 12.0. The van der Waals surface area contributed by atoms with Crippen molar-refractivity contribution in [2.45, 2.75) is 6.54 Å². The predicted octanol–water partition coefficient (Wildman–Crippen LogP) is 1.89. The number of hydrogen-bond donors (Lipinski definition) is 1. The summed E-state index contributed by atoms with van der Waals surface area (Å²) in [6.07, 6.45) is 5.07. The molecule has 0 unspecified atom stereocenters. The monoisotopic (exact) mass is 318 g/mol. The molecule has 0 aliphatic carbocycles. The van der Waals surface area contributed by atoms with Crippen molar-refractivity contribution in [1.82, 2.24) is 14.2 Å². The summed E-state index contributed by atoms with van der Waals surface area (Å²) in [6, 6.07) is 7.35. The highest BCUT2D eigenvalue weighted by Crippen LogP contribution is 2.19. The first-order chi connectivity index (χ1) is 9.15. The minimum Gasteiger partial charge on any atom is -0.398 e. The van der Waals surface area contributed by atoms with Gasteiger partial charge in [-0.1, -0.05) is 22.0 Å². The summed E-state index contributed by atoms with van der Waals surface area (Å²) >= 11 is 3.36. The topological polar surface area (TPSA) is 65.3 Å². The zero-order chi connectivity index (χ0) is 13.4. The molecule has 0 spiro atoms. The van der Waals surface area contributed by atoms with Crippen molar-refractivity contribution in [3.8, 4) is 0 Å². The van der Waals surface area contributed by atoms with E-state index in [-0.39, 0.29) is 5.56 Å². The molecule has 3 rings (SSSR count). The Balaban J connectivity index is 2.05. The highest BCUT2D eigenvalue weighted by atomic mass is 79.9. The average Bonchev–Trinajstić information content (AvgIpc) is 2.85. The summed E-state index contributed by atoms with van der Waals surface area (Å²) in [5, 5.41) is 4.03. The largest absolute Gasteiger partial charge is 0.398 e. The molecule has 96 valence electrons. The number of anilines is 1. The van der Waals surface area contributed by atoms with E-state index in [2.05, 4.69) is 21.0 Å². The van der Waals surface area contributed by atoms with Crippen molar-refractivity contribution >= 4 is 27.1 Å². The second-order valence-electron chi connectivity index (χ2n) is 4.24. The van der Waals surface area contributed by atoms with Crippen LogP contribution in [0.15, 0.2) is 52.1 Å². The Hall–Kier alpha value is -2.08. The molecular formula is C13H11BrN4O. The van der Waals surface area contributed by atoms with E-state index < -0.39 is 0 Å². The number of nitrogen functional groups attached to an aromatic ring is 1. The summed E-state index contributed by atoms with van der Waals surface area (Å²) < 4.78 is 4.10. The van der Waals surface area contributed by atoms with Crippen LogP contribution in [0, 0.1) is 0 Å². The standard InChI is InChI=1S/C13H11BrN4O/c14-10-2-1-9(11(15)7-10)8-17-5-6-18-12(13(17)19)3-4-16-18/h1-7H,8,15H2. The maximum atomic E-state index is 12.2. The zero-order valence-corrected chi connectivity index (χ0v) is 11.5. The number of nitrogens with zero attached hydrogens (tertiary/aromatic N) is 3. The number of hydrogen-bond acceptors (Lipinski definition) is 3. The van der Waals surface area contributed by atoms with Crippen LogP contribution in [0.3, 0.4) is 0 Å². The van der Waals surface area contributed by atoms with Crippen molar-refractivity contribution in [3.05, 3.63) is 63.2 Å². The SMILES string of the molecule is Nc1cc(Br)ccc1Cn1ccn2nccc2c1=O. The van der Waals surface area contributed by atoms with Gasteiger partial charge in [-0.25, -0.2) is 4.52 Å². The van der Waals surface area contributed by atoms with Gasteiger partial charge in [0.15, 0.2) is 0 Å². The summed E-state index contributed by atoms with van der Waals surface area (Å²) in [4.78, 5) is 12.2. The number of rotatable bonds is 2. The molecule has 1 aromatic carbocycles. The van der Waals surface area contributed by atoms with E-state index in [1.54, 1.807) is 33.7 Å². The molecule has 0 aliphatic rings. The summed E-state index contributed by atoms with van der Waals surface area (Å²) in [6.45, 7) is 0.444. The minimum atomic E-state index is -0.0812. The van der Waals surface area contributed by atoms with Crippen LogP contribution in [-0.2, 0) is 6.54 Å². The Kier molecular flexibility index (Phi) is 2.87. The van der Waals surface area contributed by atoms with Gasteiger partial charge in [0, 0.05) is 22.6 Å². The fourth-order valence-electron chi connectivity index (χ4n) is 1.98. The molecule has 2 heterocycles. The lowest BCUT2D eigenvalue weighted by atomic mass is 10.2. The molecule has 0 amide bonds. The van der Waals surface area contributed by atoms with Gasteiger partial charge in [0.1, 0.15) is 5.52 Å². The van der Waals surface area contributed by atoms with Crippen LogP contribution in [0.25, 0.3) is 5.52 Å². The normalized spacial score (nSPS) is 11.0. The predicted molar refractivity (Wildman–Crippen MR) is 77.1 cm³/mol. The fourth-order valence-corrected chi connectivity index (χ4v) is 2.36. The molecule has 3 aromatic rings. The van der Waals surface area contributed by atoms with E-state index in [0.29, 0.717) is 17.7 Å². The average molecular weight is 319 g/mol. The van der Waals surface area contributed by atoms with Crippen molar-refractivity contribution in [3.63, 3.8) is 0 Å². The third kappa shape index (κ3) is 2.15. The van der Waals surface area contributed by atoms with Gasteiger partial charge in [-0.3, -0.25) is 4.79 Å². The molecule has 0 saturated heterocycles. The van der Waals surface area contributed by atoms with Gasteiger partial charge in [0.05, 0.1) is 12.7 Å². The van der Waals surface area contributed by atoms with E-state index in [1.165, 1.54) is 0 Å². The van der Waals surface area contributed by atoms with E-state index in [9.17, 15) is 4.79 Å². The number of nitrogens with two attached hydrogens (primary N) is 1. The van der Waals surface area contributed by atoms with Crippen molar-refractivity contribution in [2.75, 3.05) is 5.73 Å². The Morgan fingerprint density at radius 3 is 2.89 bits per heavy atom. The molecule has 0 atom stereocenters. The second kappa shape index (κ2) is 4.55. The lowest BCUT2D eigenvalue weighted by molar-refractivity contribution is 0.744. The Labute approximate surface area is 117 Å². The minimum absolute atomic E-state index is 0.0812. The van der Waals surface area contributed by atoms with E-state index in [4.69, 9.17) is 5.73 Å². The van der Waals surface area contributed by atoms with E-state index in [0.717, 1.165) is 10.0 Å². The molecule has 0 radical (unpaired) electrons. The summed E-state index contributed by atoms with van der Waals surface area (Å²) in [7, 11) is 0. The van der Waals surface area contributed by atoms with Gasteiger partial charge in [0.2, 0.25) is 0 Å². The maximum absolute atomic E-state index is 12.2. The van der Waals surface area contributed by atoms with E-state index in [1.807, 2.05) is 18.2 Å². The lowest BCUT2D eigenvalue weighted by Crippen LogP contribution is -2.22. The third-order valence-electron chi connectivity index (χ3n) is 2.99. The Bertz CT molecular complexity index is 806. The molecular weight excluding hydrogens is 308 g/mol. The molecule has 0 saturated carbocycles. The molecule has 0 fully saturated rings. The molecule has 0 bridgehead atoms. The molecule has 2 N–H and O–H groups in total. The second-order valence-corrected chi connectivity index (χ2v) is 5.15. The van der Waals surface area contributed by atoms with Crippen molar-refractivity contribution in [1.29, 1.82) is 0 Å². The molecule has 2 aromatic heterocycles.